The van der Waals surface area contributed by atoms with E-state index in [2.05, 4.69) is 11.4 Å². The van der Waals surface area contributed by atoms with Gasteiger partial charge in [0.15, 0.2) is 6.61 Å². The van der Waals surface area contributed by atoms with E-state index >= 15 is 0 Å². The molecule has 116 valence electrons. The van der Waals surface area contributed by atoms with Gasteiger partial charge in [-0.3, -0.25) is 4.79 Å². The molecule has 2 aromatic rings. The Morgan fingerprint density at radius 1 is 1.18 bits per heavy atom. The van der Waals surface area contributed by atoms with E-state index in [0.29, 0.717) is 0 Å². The van der Waals surface area contributed by atoms with Crippen LogP contribution in [0.1, 0.15) is 16.7 Å². The zero-order valence-electron chi connectivity index (χ0n) is 13.4. The van der Waals surface area contributed by atoms with Crippen LogP contribution in [0.5, 0.6) is 5.75 Å². The Morgan fingerprint density at radius 3 is 2.64 bits per heavy atom. The maximum atomic E-state index is 12.1. The summed E-state index contributed by atoms with van der Waals surface area (Å²) >= 11 is 1.60. The molecule has 1 N–H and O–H groups in total. The normalized spacial score (nSPS) is 10.4. The molecule has 0 fully saturated rings. The van der Waals surface area contributed by atoms with Gasteiger partial charge in [0.1, 0.15) is 5.75 Å². The van der Waals surface area contributed by atoms with Crippen molar-refractivity contribution >= 4 is 23.4 Å². The summed E-state index contributed by atoms with van der Waals surface area (Å²) in [7, 11) is 0. The van der Waals surface area contributed by atoms with E-state index in [4.69, 9.17) is 4.74 Å². The van der Waals surface area contributed by atoms with E-state index in [-0.39, 0.29) is 12.5 Å². The van der Waals surface area contributed by atoms with Crippen molar-refractivity contribution in [2.45, 2.75) is 25.7 Å². The lowest BCUT2D eigenvalue weighted by Crippen LogP contribution is -2.20. The molecule has 2 rings (SSSR count). The number of aryl methyl sites for hydroxylation is 2. The molecule has 0 bridgehead atoms. The average molecular weight is 315 g/mol. The van der Waals surface area contributed by atoms with Gasteiger partial charge in [-0.2, -0.15) is 0 Å². The van der Waals surface area contributed by atoms with Crippen molar-refractivity contribution in [1.82, 2.24) is 0 Å². The Kier molecular flexibility index (Phi) is 5.50. The number of hydrogen-bond donors (Lipinski definition) is 1. The topological polar surface area (TPSA) is 38.3 Å². The minimum atomic E-state index is -0.153. The summed E-state index contributed by atoms with van der Waals surface area (Å²) in [6, 6.07) is 11.8. The predicted octanol–water partition coefficient (Wildman–Crippen LogP) is 4.35. The van der Waals surface area contributed by atoms with Crippen molar-refractivity contribution in [3.63, 3.8) is 0 Å². The zero-order chi connectivity index (χ0) is 16.1. The second-order valence-corrected chi connectivity index (χ2v) is 6.09. The Hall–Kier alpha value is -1.94. The van der Waals surface area contributed by atoms with Crippen LogP contribution in [0.15, 0.2) is 41.3 Å². The van der Waals surface area contributed by atoms with E-state index in [9.17, 15) is 4.79 Å². The minimum Gasteiger partial charge on any atom is -0.483 e. The second-order valence-electron chi connectivity index (χ2n) is 5.24. The largest absolute Gasteiger partial charge is 0.483 e. The van der Waals surface area contributed by atoms with Gasteiger partial charge in [0.05, 0.1) is 5.69 Å². The molecular weight excluding hydrogens is 294 g/mol. The average Bonchev–Trinajstić information content (AvgIpc) is 2.50. The highest BCUT2D eigenvalue weighted by molar-refractivity contribution is 7.98. The van der Waals surface area contributed by atoms with E-state index in [1.807, 2.05) is 57.4 Å². The van der Waals surface area contributed by atoms with Crippen molar-refractivity contribution in [3.8, 4) is 5.75 Å². The van der Waals surface area contributed by atoms with Crippen molar-refractivity contribution in [1.29, 1.82) is 0 Å². The van der Waals surface area contributed by atoms with Gasteiger partial charge in [-0.15, -0.1) is 11.8 Å². The van der Waals surface area contributed by atoms with E-state index in [0.717, 1.165) is 27.5 Å². The van der Waals surface area contributed by atoms with Crippen LogP contribution in [-0.2, 0) is 4.79 Å². The third-order valence-corrected chi connectivity index (χ3v) is 4.30. The lowest BCUT2D eigenvalue weighted by Gasteiger charge is -2.13. The Balaban J connectivity index is 2.02. The van der Waals surface area contributed by atoms with Crippen LogP contribution < -0.4 is 10.1 Å². The quantitative estimate of drug-likeness (QED) is 0.834. The van der Waals surface area contributed by atoms with Crippen molar-refractivity contribution in [2.75, 3.05) is 18.2 Å². The minimum absolute atomic E-state index is 0.00640. The van der Waals surface area contributed by atoms with Crippen LogP contribution in [-0.4, -0.2) is 18.8 Å². The Labute approximate surface area is 136 Å². The lowest BCUT2D eigenvalue weighted by molar-refractivity contribution is -0.118. The number of anilines is 1. The molecule has 1 amide bonds. The number of nitrogens with one attached hydrogen (secondary N) is 1. The summed E-state index contributed by atoms with van der Waals surface area (Å²) in [6.07, 6.45) is 1.99. The first-order valence-electron chi connectivity index (χ1n) is 7.14. The fraction of sp³-hybridized carbons (Fsp3) is 0.278. The van der Waals surface area contributed by atoms with Gasteiger partial charge in [-0.1, -0.05) is 18.2 Å². The highest BCUT2D eigenvalue weighted by Crippen LogP contribution is 2.25. The molecule has 0 saturated carbocycles. The summed E-state index contributed by atoms with van der Waals surface area (Å²) in [6.45, 7) is 6.08. The van der Waals surface area contributed by atoms with E-state index < -0.39 is 0 Å². The summed E-state index contributed by atoms with van der Waals surface area (Å²) in [5.41, 5.74) is 4.19. The number of ether oxygens (including phenoxy) is 1. The third-order valence-electron chi connectivity index (χ3n) is 3.50. The Morgan fingerprint density at radius 2 is 1.91 bits per heavy atom. The van der Waals surface area contributed by atoms with Gasteiger partial charge >= 0.3 is 0 Å². The van der Waals surface area contributed by atoms with Gasteiger partial charge < -0.3 is 10.1 Å². The summed E-state index contributed by atoms with van der Waals surface area (Å²) in [5.74, 6) is 0.617. The summed E-state index contributed by atoms with van der Waals surface area (Å²) < 4.78 is 5.69. The van der Waals surface area contributed by atoms with Crippen LogP contribution in [0.2, 0.25) is 0 Å². The number of rotatable bonds is 5. The molecule has 22 heavy (non-hydrogen) atoms. The van der Waals surface area contributed by atoms with Crippen molar-refractivity contribution in [3.05, 3.63) is 53.1 Å². The summed E-state index contributed by atoms with van der Waals surface area (Å²) in [4.78, 5) is 13.1. The van der Waals surface area contributed by atoms with Gasteiger partial charge in [-0.05, 0) is 61.9 Å². The molecule has 0 spiro atoms. The van der Waals surface area contributed by atoms with E-state index in [1.165, 1.54) is 5.56 Å². The molecule has 0 aromatic heterocycles. The van der Waals surface area contributed by atoms with E-state index in [1.54, 1.807) is 11.8 Å². The molecule has 0 aliphatic carbocycles. The van der Waals surface area contributed by atoms with Crippen molar-refractivity contribution < 1.29 is 9.53 Å². The monoisotopic (exact) mass is 315 g/mol. The van der Waals surface area contributed by atoms with Gasteiger partial charge in [-0.25, -0.2) is 0 Å². The Bertz CT molecular complexity index is 683. The molecule has 0 aliphatic heterocycles. The molecule has 0 saturated heterocycles. The molecule has 3 nitrogen and oxygen atoms in total. The van der Waals surface area contributed by atoms with Crippen molar-refractivity contribution in [2.24, 2.45) is 0 Å². The number of carbonyl (C=O) groups excluding carboxylic acids is 1. The first-order valence-corrected chi connectivity index (χ1v) is 8.37. The molecule has 4 heteroatoms. The maximum Gasteiger partial charge on any atom is 0.262 e. The molecule has 0 aliphatic rings. The standard InChI is InChI=1S/C18H21NO2S/c1-12-9-13(2)14(3)16(10-12)21-11-18(20)19-15-7-5-6-8-17(15)22-4/h5-10H,11H2,1-4H3,(H,19,20). The number of para-hydroxylation sites is 1. The number of hydrogen-bond acceptors (Lipinski definition) is 3. The third kappa shape index (κ3) is 4.04. The molecule has 2 aromatic carbocycles. The zero-order valence-corrected chi connectivity index (χ0v) is 14.2. The molecule has 0 radical (unpaired) electrons. The van der Waals surface area contributed by atoms with Gasteiger partial charge in [0, 0.05) is 4.90 Å². The smallest absolute Gasteiger partial charge is 0.262 e. The predicted molar refractivity (Wildman–Crippen MR) is 93.0 cm³/mol. The summed E-state index contributed by atoms with van der Waals surface area (Å²) in [5, 5.41) is 2.90. The fourth-order valence-corrected chi connectivity index (χ4v) is 2.78. The first-order chi connectivity index (χ1) is 10.5. The fourth-order valence-electron chi connectivity index (χ4n) is 2.23. The molecular formula is C18H21NO2S. The van der Waals surface area contributed by atoms with Crippen LogP contribution in [0.25, 0.3) is 0 Å². The van der Waals surface area contributed by atoms with Gasteiger partial charge in [0.2, 0.25) is 0 Å². The maximum absolute atomic E-state index is 12.1. The number of thioether (sulfide) groups is 1. The first kappa shape index (κ1) is 16.4. The van der Waals surface area contributed by atoms with Crippen LogP contribution in [0, 0.1) is 20.8 Å². The van der Waals surface area contributed by atoms with Gasteiger partial charge in [0.25, 0.3) is 5.91 Å². The highest BCUT2D eigenvalue weighted by atomic mass is 32.2. The lowest BCUT2D eigenvalue weighted by atomic mass is 10.1. The van der Waals surface area contributed by atoms with Crippen LogP contribution >= 0.6 is 11.8 Å². The number of amides is 1. The molecule has 0 heterocycles. The molecule has 0 unspecified atom stereocenters. The highest BCUT2D eigenvalue weighted by Gasteiger charge is 2.09. The van der Waals surface area contributed by atoms with Crippen LogP contribution in [0.4, 0.5) is 5.69 Å². The SMILES string of the molecule is CSc1ccccc1NC(=O)COc1cc(C)cc(C)c1C. The molecule has 0 atom stereocenters. The number of carbonyl (C=O) groups is 1. The second kappa shape index (κ2) is 7.36. The number of benzene rings is 2. The van der Waals surface area contributed by atoms with Crippen LogP contribution in [0.3, 0.4) is 0 Å².